The van der Waals surface area contributed by atoms with Crippen molar-refractivity contribution < 1.29 is 0 Å². The fourth-order valence-electron chi connectivity index (χ4n) is 7.69. The van der Waals surface area contributed by atoms with Gasteiger partial charge in [0.05, 0.1) is 43.8 Å². The van der Waals surface area contributed by atoms with E-state index >= 15 is 0 Å². The summed E-state index contributed by atoms with van der Waals surface area (Å²) in [6, 6.07) is 22.7. The molecule has 0 atom stereocenters. The fourth-order valence-corrected chi connectivity index (χ4v) is 8.67. The molecule has 0 amide bonds. The van der Waals surface area contributed by atoms with Crippen LogP contribution in [0.15, 0.2) is 115 Å². The van der Waals surface area contributed by atoms with Gasteiger partial charge in [-0.2, -0.15) is 10.2 Å². The number of piperidine rings is 2. The van der Waals surface area contributed by atoms with Crippen LogP contribution in [0.2, 0.25) is 10.0 Å². The number of hydrogen-bond acceptors (Lipinski definition) is 7. The van der Waals surface area contributed by atoms with Gasteiger partial charge in [-0.25, -0.2) is 19.0 Å². The van der Waals surface area contributed by atoms with Gasteiger partial charge in [0.15, 0.2) is 11.3 Å². The number of pyridine rings is 1. The lowest BCUT2D eigenvalue weighted by Crippen LogP contribution is -2.29. The van der Waals surface area contributed by atoms with Gasteiger partial charge >= 0.3 is 0 Å². The van der Waals surface area contributed by atoms with E-state index in [1.807, 2.05) is 78.1 Å². The Morgan fingerprint density at radius 2 is 1.09 bits per heavy atom. The van der Waals surface area contributed by atoms with Crippen LogP contribution in [0.3, 0.4) is 0 Å². The highest BCUT2D eigenvalue weighted by molar-refractivity contribution is 9.10. The molecule has 0 saturated carbocycles. The second kappa shape index (κ2) is 15.6. The first-order valence-corrected chi connectivity index (χ1v) is 20.3. The van der Waals surface area contributed by atoms with Gasteiger partial charge in [0.2, 0.25) is 0 Å². The number of fused-ring (bicyclic) bond motifs is 3. The number of anilines is 2. The van der Waals surface area contributed by atoms with E-state index in [4.69, 9.17) is 28.2 Å². The predicted octanol–water partition coefficient (Wildman–Crippen LogP) is 11.1. The highest BCUT2D eigenvalue weighted by atomic mass is 79.9. The van der Waals surface area contributed by atoms with Crippen LogP contribution < -0.4 is 9.80 Å². The molecule has 276 valence electrons. The van der Waals surface area contributed by atoms with E-state index in [0.29, 0.717) is 0 Å². The van der Waals surface area contributed by atoms with Crippen LogP contribution in [-0.4, -0.2) is 60.4 Å². The maximum Gasteiger partial charge on any atom is 0.169 e. The number of hydrogen-bond donors (Lipinski definition) is 0. The largest absolute Gasteiger partial charge is 0.370 e. The molecule has 0 radical (unpaired) electrons. The molecule has 2 saturated heterocycles. The minimum Gasteiger partial charge on any atom is -0.370 e. The normalized spacial score (nSPS) is 14.7. The molecule has 0 unspecified atom stereocenters. The van der Waals surface area contributed by atoms with E-state index in [0.717, 1.165) is 108 Å². The molecule has 8 aromatic rings. The van der Waals surface area contributed by atoms with Crippen LogP contribution in [0, 0.1) is 0 Å². The molecule has 3 aromatic carbocycles. The number of benzene rings is 3. The van der Waals surface area contributed by atoms with Crippen molar-refractivity contribution in [1.82, 2.24) is 34.2 Å². The summed E-state index contributed by atoms with van der Waals surface area (Å²) in [6.07, 6.45) is 20.8. The van der Waals surface area contributed by atoms with E-state index in [1.54, 1.807) is 10.7 Å². The lowest BCUT2D eigenvalue weighted by molar-refractivity contribution is 0.578. The Morgan fingerprint density at radius 1 is 0.527 bits per heavy atom. The van der Waals surface area contributed by atoms with Crippen molar-refractivity contribution in [2.45, 2.75) is 38.5 Å². The summed E-state index contributed by atoms with van der Waals surface area (Å²) in [5, 5.41) is 11.6. The molecule has 10 rings (SSSR count). The van der Waals surface area contributed by atoms with E-state index in [1.165, 1.54) is 38.5 Å². The molecule has 0 spiro atoms. The number of rotatable bonds is 5. The van der Waals surface area contributed by atoms with Crippen LogP contribution >= 0.6 is 39.1 Å². The SMILES string of the molecule is Clc1cc(-c2cnc3c(-c4ccnc5ccccc45)cnn3c2)ccc1N1CCCCC1.Clc1cc(-c2cnc3c(Br)cnn3c2)ccc1N1CCCCC1. The summed E-state index contributed by atoms with van der Waals surface area (Å²) in [5.74, 6) is 0. The molecule has 9 nitrogen and oxygen atoms in total. The zero-order chi connectivity index (χ0) is 37.3. The monoisotopic (exact) mass is 829 g/mol. The predicted molar refractivity (Wildman–Crippen MR) is 227 cm³/mol. The topological polar surface area (TPSA) is 79.7 Å². The Labute approximate surface area is 337 Å². The van der Waals surface area contributed by atoms with E-state index in [-0.39, 0.29) is 0 Å². The van der Waals surface area contributed by atoms with E-state index in [2.05, 4.69) is 76.2 Å². The Bertz CT molecular complexity index is 2640. The fraction of sp³-hybridized carbons (Fsp3) is 0.233. The third kappa shape index (κ3) is 7.26. The second-order valence-electron chi connectivity index (χ2n) is 14.1. The van der Waals surface area contributed by atoms with Gasteiger partial charge in [-0.3, -0.25) is 4.98 Å². The lowest BCUT2D eigenvalue weighted by atomic mass is 10.0. The minimum atomic E-state index is 0.786. The molecule has 0 bridgehead atoms. The van der Waals surface area contributed by atoms with E-state index in [9.17, 15) is 0 Å². The van der Waals surface area contributed by atoms with Gasteiger partial charge in [-0.05, 0) is 108 Å². The van der Waals surface area contributed by atoms with Crippen molar-refractivity contribution in [3.8, 4) is 33.4 Å². The first-order valence-electron chi connectivity index (χ1n) is 18.8. The van der Waals surface area contributed by atoms with Crippen LogP contribution in [-0.2, 0) is 0 Å². The highest BCUT2D eigenvalue weighted by Crippen LogP contribution is 2.35. The van der Waals surface area contributed by atoms with Gasteiger partial charge < -0.3 is 9.80 Å². The molecule has 5 aromatic heterocycles. The average Bonchev–Trinajstić information content (AvgIpc) is 3.84. The number of aromatic nitrogens is 7. The van der Waals surface area contributed by atoms with Crippen molar-refractivity contribution in [2.75, 3.05) is 36.0 Å². The summed E-state index contributed by atoms with van der Waals surface area (Å²) < 4.78 is 4.50. The van der Waals surface area contributed by atoms with E-state index < -0.39 is 0 Å². The zero-order valence-corrected chi connectivity index (χ0v) is 33.2. The van der Waals surface area contributed by atoms with Gasteiger partial charge in [0.1, 0.15) is 0 Å². The van der Waals surface area contributed by atoms with Gasteiger partial charge in [0.25, 0.3) is 0 Å². The molecule has 2 fully saturated rings. The van der Waals surface area contributed by atoms with Crippen molar-refractivity contribution in [3.63, 3.8) is 0 Å². The molecular formula is C43H38BrCl2N9. The minimum absolute atomic E-state index is 0.786. The van der Waals surface area contributed by atoms with Crippen molar-refractivity contribution in [3.05, 3.63) is 125 Å². The standard InChI is InChI=1S/C26H22ClN5.C17H16BrClN4/c27-23-14-18(8-9-25(23)31-12-4-1-5-13-31)19-15-29-26-22(16-30-32(26)17-19)20-10-11-28-24-7-3-2-6-21(20)24;18-14-10-21-23-11-13(9-20-17(14)23)12-4-5-16(15(19)8-12)22-6-2-1-3-7-22/h2-3,6-11,14-17H,1,4-5,12-13H2;4-5,8-11H,1-3,6-7H2. The highest BCUT2D eigenvalue weighted by Gasteiger charge is 2.17. The van der Waals surface area contributed by atoms with Gasteiger partial charge in [-0.1, -0.05) is 53.5 Å². The summed E-state index contributed by atoms with van der Waals surface area (Å²) in [5.41, 5.74) is 11.0. The molecular weight excluding hydrogens is 793 g/mol. The molecule has 12 heteroatoms. The first-order chi connectivity index (χ1) is 27.0. The second-order valence-corrected chi connectivity index (χ2v) is 15.7. The summed E-state index contributed by atoms with van der Waals surface area (Å²) in [4.78, 5) is 18.5. The Balaban J connectivity index is 0.000000153. The van der Waals surface area contributed by atoms with Crippen molar-refractivity contribution >= 4 is 72.7 Å². The molecule has 55 heavy (non-hydrogen) atoms. The average molecular weight is 832 g/mol. The van der Waals surface area contributed by atoms with Crippen LogP contribution in [0.25, 0.3) is 55.6 Å². The smallest absolute Gasteiger partial charge is 0.169 e. The van der Waals surface area contributed by atoms with Crippen LogP contribution in [0.4, 0.5) is 11.4 Å². The molecule has 2 aliphatic heterocycles. The quantitative estimate of drug-likeness (QED) is 0.171. The number of nitrogens with zero attached hydrogens (tertiary/aromatic N) is 9. The number of para-hydroxylation sites is 1. The molecule has 0 N–H and O–H groups in total. The lowest BCUT2D eigenvalue weighted by Gasteiger charge is -2.29. The summed E-state index contributed by atoms with van der Waals surface area (Å²) >= 11 is 16.7. The van der Waals surface area contributed by atoms with Crippen molar-refractivity contribution in [2.24, 2.45) is 0 Å². The Hall–Kier alpha value is -5.03. The molecule has 7 heterocycles. The summed E-state index contributed by atoms with van der Waals surface area (Å²) in [6.45, 7) is 4.33. The maximum atomic E-state index is 6.68. The molecule has 0 aliphatic carbocycles. The number of halogens is 3. The zero-order valence-electron chi connectivity index (χ0n) is 30.1. The first kappa shape index (κ1) is 35.7. The van der Waals surface area contributed by atoms with Crippen LogP contribution in [0.1, 0.15) is 38.5 Å². The van der Waals surface area contributed by atoms with Gasteiger partial charge in [-0.15, -0.1) is 0 Å². The summed E-state index contributed by atoms with van der Waals surface area (Å²) in [7, 11) is 0. The van der Waals surface area contributed by atoms with Gasteiger partial charge in [0, 0.05) is 79.2 Å². The van der Waals surface area contributed by atoms with Crippen molar-refractivity contribution in [1.29, 1.82) is 0 Å². The third-order valence-electron chi connectivity index (χ3n) is 10.6. The van der Waals surface area contributed by atoms with Crippen LogP contribution in [0.5, 0.6) is 0 Å². The molecule has 2 aliphatic rings. The third-order valence-corrected chi connectivity index (χ3v) is 11.7. The Kier molecular flexibility index (Phi) is 10.1. The maximum absolute atomic E-state index is 6.68. The Morgan fingerprint density at radius 3 is 1.71 bits per heavy atom.